The highest BCUT2D eigenvalue weighted by atomic mass is 16.5. The van der Waals surface area contributed by atoms with Crippen LogP contribution >= 0.6 is 0 Å². The van der Waals surface area contributed by atoms with E-state index in [1.54, 1.807) is 14.0 Å². The first-order chi connectivity index (χ1) is 16.9. The van der Waals surface area contributed by atoms with E-state index in [0.29, 0.717) is 22.9 Å². The fourth-order valence-corrected chi connectivity index (χ4v) is 4.29. The third-order valence-electron chi connectivity index (χ3n) is 6.10. The molecule has 0 atom stereocenters. The molecular weight excluding hydrogens is 446 g/mol. The van der Waals surface area contributed by atoms with Crippen LogP contribution in [0.1, 0.15) is 28.4 Å². The van der Waals surface area contributed by atoms with Crippen molar-refractivity contribution in [2.45, 2.75) is 20.8 Å². The highest BCUT2D eigenvalue weighted by Gasteiger charge is 2.24. The van der Waals surface area contributed by atoms with Crippen molar-refractivity contribution in [1.29, 1.82) is 0 Å². The van der Waals surface area contributed by atoms with Crippen LogP contribution in [0.15, 0.2) is 42.6 Å². The molecule has 1 aromatic heterocycles. The fourth-order valence-electron chi connectivity index (χ4n) is 4.29. The lowest BCUT2D eigenvalue weighted by Gasteiger charge is -2.28. The molecule has 0 radical (unpaired) electrons. The van der Waals surface area contributed by atoms with Crippen LogP contribution in [0.4, 0.5) is 11.4 Å². The molecule has 2 aromatic carbocycles. The molecule has 8 nitrogen and oxygen atoms in total. The van der Waals surface area contributed by atoms with Crippen molar-refractivity contribution in [1.82, 2.24) is 4.98 Å². The van der Waals surface area contributed by atoms with Crippen LogP contribution < -0.4 is 20.1 Å². The number of carbonyl (C=O) groups excluding carboxylic acids is 1. The number of hydrogen-bond acceptors (Lipinski definition) is 8. The Kier molecular flexibility index (Phi) is 7.41. The maximum Gasteiger partial charge on any atom is 0.341 e. The Hall–Kier alpha value is -3.78. The molecule has 8 heteroatoms. The maximum atomic E-state index is 12.6. The lowest BCUT2D eigenvalue weighted by molar-refractivity contribution is 0.0527. The van der Waals surface area contributed by atoms with Crippen LogP contribution in [-0.4, -0.2) is 51.0 Å². The first kappa shape index (κ1) is 24.3. The second-order valence-electron chi connectivity index (χ2n) is 8.27. The molecule has 0 saturated carbocycles. The number of esters is 1. The average Bonchev–Trinajstić information content (AvgIpc) is 2.87. The molecule has 1 saturated heterocycles. The summed E-state index contributed by atoms with van der Waals surface area (Å²) in [7, 11) is 1.62. The fraction of sp³-hybridized carbons (Fsp3) is 0.333. The molecular formula is C27H31N3O5. The minimum atomic E-state index is -0.529. The largest absolute Gasteiger partial charge is 0.496 e. The van der Waals surface area contributed by atoms with Gasteiger partial charge in [0, 0.05) is 25.0 Å². The molecule has 2 heterocycles. The quantitative estimate of drug-likeness (QED) is 0.487. The van der Waals surface area contributed by atoms with Crippen molar-refractivity contribution in [2.24, 2.45) is 0 Å². The maximum absolute atomic E-state index is 12.6. The van der Waals surface area contributed by atoms with Crippen LogP contribution in [-0.2, 0) is 9.47 Å². The highest BCUT2D eigenvalue weighted by molar-refractivity contribution is 6.01. The second kappa shape index (κ2) is 10.7. The molecule has 1 aliphatic heterocycles. The zero-order valence-electron chi connectivity index (χ0n) is 20.6. The number of morpholine rings is 1. The van der Waals surface area contributed by atoms with Gasteiger partial charge in [-0.15, -0.1) is 0 Å². The van der Waals surface area contributed by atoms with E-state index in [1.165, 1.54) is 6.20 Å². The Bertz CT molecular complexity index is 1200. The van der Waals surface area contributed by atoms with E-state index in [-0.39, 0.29) is 17.9 Å². The molecule has 0 bridgehead atoms. The highest BCUT2D eigenvalue weighted by Crippen LogP contribution is 2.43. The molecule has 0 spiro atoms. The number of methoxy groups -OCH3 is 1. The van der Waals surface area contributed by atoms with Gasteiger partial charge in [-0.2, -0.15) is 0 Å². The standard InChI is InChI=1S/C27H31N3O5/c1-5-34-27(31)21-16-29-26(24(25(21)28)23-17(2)6-11-22(32-4)18(23)3)35-20-9-7-19(8-10-20)30-12-14-33-15-13-30/h6-11,16H,5,12-15H2,1-4H3,(H2,28,29). The third-order valence-corrected chi connectivity index (χ3v) is 6.10. The number of nitrogen functional groups attached to an aromatic ring is 1. The predicted molar refractivity (Wildman–Crippen MR) is 136 cm³/mol. The summed E-state index contributed by atoms with van der Waals surface area (Å²) in [6, 6.07) is 11.7. The van der Waals surface area contributed by atoms with Crippen LogP contribution in [0.2, 0.25) is 0 Å². The Morgan fingerprint density at radius 3 is 2.46 bits per heavy atom. The van der Waals surface area contributed by atoms with Gasteiger partial charge in [-0.05, 0) is 67.8 Å². The van der Waals surface area contributed by atoms with E-state index in [9.17, 15) is 4.79 Å². The minimum Gasteiger partial charge on any atom is -0.496 e. The first-order valence-electron chi connectivity index (χ1n) is 11.6. The van der Waals surface area contributed by atoms with Gasteiger partial charge in [0.05, 0.1) is 38.2 Å². The predicted octanol–water partition coefficient (Wildman–Crippen LogP) is 4.76. The Morgan fingerprint density at radius 2 is 1.80 bits per heavy atom. The van der Waals surface area contributed by atoms with Crippen LogP contribution in [0.25, 0.3) is 11.1 Å². The van der Waals surface area contributed by atoms with Gasteiger partial charge in [0.1, 0.15) is 17.1 Å². The second-order valence-corrected chi connectivity index (χ2v) is 8.27. The third kappa shape index (κ3) is 5.02. The lowest BCUT2D eigenvalue weighted by Crippen LogP contribution is -2.36. The zero-order chi connectivity index (χ0) is 24.9. The van der Waals surface area contributed by atoms with Gasteiger partial charge in [0.2, 0.25) is 5.88 Å². The number of hydrogen-bond donors (Lipinski definition) is 1. The molecule has 4 rings (SSSR count). The van der Waals surface area contributed by atoms with E-state index in [2.05, 4.69) is 9.88 Å². The van der Waals surface area contributed by atoms with Gasteiger partial charge < -0.3 is 29.6 Å². The molecule has 0 unspecified atom stereocenters. The topological polar surface area (TPSA) is 96.1 Å². The molecule has 184 valence electrons. The molecule has 1 aliphatic rings. The number of rotatable bonds is 7. The SMILES string of the molecule is CCOC(=O)c1cnc(Oc2ccc(N3CCOCC3)cc2)c(-c2c(C)ccc(OC)c2C)c1N. The van der Waals surface area contributed by atoms with Crippen molar-refractivity contribution >= 4 is 17.3 Å². The summed E-state index contributed by atoms with van der Waals surface area (Å²) in [5.41, 5.74) is 11.3. The van der Waals surface area contributed by atoms with Crippen molar-refractivity contribution in [3.63, 3.8) is 0 Å². The molecule has 2 N–H and O–H groups in total. The summed E-state index contributed by atoms with van der Waals surface area (Å²) in [5.74, 6) is 1.08. The van der Waals surface area contributed by atoms with Crippen LogP contribution in [0, 0.1) is 13.8 Å². The average molecular weight is 478 g/mol. The van der Waals surface area contributed by atoms with Gasteiger partial charge in [-0.3, -0.25) is 0 Å². The van der Waals surface area contributed by atoms with Crippen LogP contribution in [0.5, 0.6) is 17.4 Å². The summed E-state index contributed by atoms with van der Waals surface area (Å²) in [6.45, 7) is 9.04. The number of nitrogens with two attached hydrogens (primary N) is 1. The molecule has 0 aliphatic carbocycles. The smallest absolute Gasteiger partial charge is 0.341 e. The number of aryl methyl sites for hydroxylation is 1. The Morgan fingerprint density at radius 1 is 1.09 bits per heavy atom. The lowest BCUT2D eigenvalue weighted by atomic mass is 9.93. The summed E-state index contributed by atoms with van der Waals surface area (Å²) in [4.78, 5) is 19.3. The molecule has 3 aromatic rings. The monoisotopic (exact) mass is 477 g/mol. The molecule has 0 amide bonds. The van der Waals surface area contributed by atoms with Crippen molar-refractivity contribution in [3.05, 3.63) is 59.3 Å². The minimum absolute atomic E-state index is 0.193. The van der Waals surface area contributed by atoms with Gasteiger partial charge in [0.15, 0.2) is 0 Å². The number of ether oxygens (including phenoxy) is 4. The Balaban J connectivity index is 1.77. The van der Waals surface area contributed by atoms with Crippen LogP contribution in [0.3, 0.4) is 0 Å². The number of benzene rings is 2. The van der Waals surface area contributed by atoms with Gasteiger partial charge >= 0.3 is 5.97 Å². The number of nitrogens with zero attached hydrogens (tertiary/aromatic N) is 2. The Labute approximate surface area is 205 Å². The molecule has 1 fully saturated rings. The summed E-state index contributed by atoms with van der Waals surface area (Å²) < 4.78 is 22.4. The number of pyridine rings is 1. The number of anilines is 2. The zero-order valence-corrected chi connectivity index (χ0v) is 20.6. The van der Waals surface area contributed by atoms with Gasteiger partial charge in [-0.25, -0.2) is 9.78 Å². The van der Waals surface area contributed by atoms with Crippen molar-refractivity contribution in [3.8, 4) is 28.5 Å². The normalized spacial score (nSPS) is 13.4. The summed E-state index contributed by atoms with van der Waals surface area (Å²) in [5, 5.41) is 0. The van der Waals surface area contributed by atoms with E-state index in [1.807, 2.05) is 50.2 Å². The van der Waals surface area contributed by atoms with E-state index in [4.69, 9.17) is 24.7 Å². The summed E-state index contributed by atoms with van der Waals surface area (Å²) in [6.07, 6.45) is 1.40. The summed E-state index contributed by atoms with van der Waals surface area (Å²) >= 11 is 0. The number of aromatic nitrogens is 1. The first-order valence-corrected chi connectivity index (χ1v) is 11.6. The molecule has 35 heavy (non-hydrogen) atoms. The van der Waals surface area contributed by atoms with E-state index >= 15 is 0 Å². The van der Waals surface area contributed by atoms with Gasteiger partial charge in [-0.1, -0.05) is 6.07 Å². The van der Waals surface area contributed by atoms with Gasteiger partial charge in [0.25, 0.3) is 0 Å². The number of carbonyl (C=O) groups is 1. The van der Waals surface area contributed by atoms with E-state index < -0.39 is 5.97 Å². The van der Waals surface area contributed by atoms with Crippen molar-refractivity contribution < 1.29 is 23.7 Å². The van der Waals surface area contributed by atoms with E-state index in [0.717, 1.165) is 48.7 Å². The van der Waals surface area contributed by atoms with Crippen molar-refractivity contribution in [2.75, 3.05) is 50.7 Å².